The Morgan fingerprint density at radius 1 is 1.15 bits per heavy atom. The molecule has 1 saturated carbocycles. The molecule has 0 radical (unpaired) electrons. The Hall–Kier alpha value is -1.89. The molecule has 0 heterocycles. The molecular formula is C26H32Cl2N2O3S. The Balaban J connectivity index is 1.68. The van der Waals surface area contributed by atoms with E-state index in [0.717, 1.165) is 42.6 Å². The maximum absolute atomic E-state index is 13.3. The zero-order valence-corrected chi connectivity index (χ0v) is 22.0. The van der Waals surface area contributed by atoms with Gasteiger partial charge in [-0.25, -0.2) is 0 Å². The largest absolute Gasteiger partial charge is 0.497 e. The second kappa shape index (κ2) is 13.3. The van der Waals surface area contributed by atoms with Crippen LogP contribution in [0.3, 0.4) is 0 Å². The predicted molar refractivity (Wildman–Crippen MR) is 141 cm³/mol. The second-order valence-corrected chi connectivity index (χ2v) is 10.5. The van der Waals surface area contributed by atoms with Crippen molar-refractivity contribution in [3.05, 3.63) is 63.6 Å². The van der Waals surface area contributed by atoms with Crippen molar-refractivity contribution in [2.24, 2.45) is 0 Å². The molecule has 0 aliphatic heterocycles. The fraction of sp³-hybridized carbons (Fsp3) is 0.462. The van der Waals surface area contributed by atoms with Gasteiger partial charge in [-0.05, 0) is 55.2 Å². The molecule has 1 fully saturated rings. The molecule has 0 aromatic heterocycles. The van der Waals surface area contributed by atoms with Crippen LogP contribution < -0.4 is 10.1 Å². The second-order valence-electron chi connectivity index (χ2n) is 8.62. The van der Waals surface area contributed by atoms with Crippen molar-refractivity contribution in [3.8, 4) is 5.75 Å². The van der Waals surface area contributed by atoms with Gasteiger partial charge in [-0.2, -0.15) is 0 Å². The molecule has 0 saturated heterocycles. The number of carbonyl (C=O) groups is 2. The number of rotatable bonds is 10. The molecular weight excluding hydrogens is 491 g/mol. The zero-order chi connectivity index (χ0) is 24.5. The van der Waals surface area contributed by atoms with Gasteiger partial charge in [-0.15, -0.1) is 11.8 Å². The smallest absolute Gasteiger partial charge is 0.242 e. The number of benzene rings is 2. The highest BCUT2D eigenvalue weighted by Gasteiger charge is 2.28. The quantitative estimate of drug-likeness (QED) is 0.409. The number of halogens is 2. The molecule has 0 unspecified atom stereocenters. The summed E-state index contributed by atoms with van der Waals surface area (Å²) in [6, 6.07) is 12.6. The molecule has 1 N–H and O–H groups in total. The Bertz CT molecular complexity index is 982. The van der Waals surface area contributed by atoms with Crippen molar-refractivity contribution >= 4 is 46.8 Å². The van der Waals surface area contributed by atoms with Gasteiger partial charge in [-0.1, -0.05) is 60.7 Å². The van der Waals surface area contributed by atoms with Crippen LogP contribution in [0, 0.1) is 0 Å². The van der Waals surface area contributed by atoms with Gasteiger partial charge < -0.3 is 15.0 Å². The Morgan fingerprint density at radius 3 is 2.62 bits per heavy atom. The van der Waals surface area contributed by atoms with E-state index in [-0.39, 0.29) is 23.6 Å². The van der Waals surface area contributed by atoms with E-state index in [0.29, 0.717) is 22.3 Å². The third-order valence-electron chi connectivity index (χ3n) is 6.10. The number of carbonyl (C=O) groups excluding carboxylic acids is 2. The maximum Gasteiger partial charge on any atom is 0.242 e. The molecule has 2 aromatic rings. The SMILES string of the molecule is COc1cccc(CN(C(=O)CSCc2ccc(Cl)cc2Cl)[C@@H](C)C(=O)NC2CCCCC2)c1. The average molecular weight is 524 g/mol. The lowest BCUT2D eigenvalue weighted by Crippen LogP contribution is -2.50. The van der Waals surface area contributed by atoms with Gasteiger partial charge in [-0.3, -0.25) is 9.59 Å². The van der Waals surface area contributed by atoms with Gasteiger partial charge in [0.15, 0.2) is 0 Å². The van der Waals surface area contributed by atoms with E-state index in [2.05, 4.69) is 5.32 Å². The number of methoxy groups -OCH3 is 1. The van der Waals surface area contributed by atoms with E-state index < -0.39 is 6.04 Å². The van der Waals surface area contributed by atoms with Gasteiger partial charge >= 0.3 is 0 Å². The Labute approximate surface area is 216 Å². The number of nitrogens with zero attached hydrogens (tertiary/aromatic N) is 1. The molecule has 2 amide bonds. The first-order chi connectivity index (χ1) is 16.4. The van der Waals surface area contributed by atoms with Gasteiger partial charge in [0, 0.05) is 28.4 Å². The summed E-state index contributed by atoms with van der Waals surface area (Å²) in [5.74, 6) is 1.34. The van der Waals surface area contributed by atoms with Crippen LogP contribution >= 0.6 is 35.0 Å². The molecule has 2 aromatic carbocycles. The summed E-state index contributed by atoms with van der Waals surface area (Å²) in [5, 5.41) is 4.33. The normalized spacial score (nSPS) is 14.9. The van der Waals surface area contributed by atoms with E-state index in [9.17, 15) is 9.59 Å². The summed E-state index contributed by atoms with van der Waals surface area (Å²) >= 11 is 13.7. The number of nitrogens with one attached hydrogen (secondary N) is 1. The van der Waals surface area contributed by atoms with Crippen molar-refractivity contribution < 1.29 is 14.3 Å². The predicted octanol–water partition coefficient (Wildman–Crippen LogP) is 6.10. The van der Waals surface area contributed by atoms with Crippen molar-refractivity contribution in [1.29, 1.82) is 0 Å². The minimum Gasteiger partial charge on any atom is -0.497 e. The van der Waals surface area contributed by atoms with Crippen LogP contribution in [0.5, 0.6) is 5.75 Å². The van der Waals surface area contributed by atoms with Crippen LogP contribution in [-0.4, -0.2) is 41.7 Å². The fourth-order valence-corrected chi connectivity index (χ4v) is 5.56. The van der Waals surface area contributed by atoms with E-state index >= 15 is 0 Å². The van der Waals surface area contributed by atoms with Gasteiger partial charge in [0.05, 0.1) is 12.9 Å². The summed E-state index contributed by atoms with van der Waals surface area (Å²) in [6.45, 7) is 2.13. The van der Waals surface area contributed by atoms with Crippen LogP contribution in [0.2, 0.25) is 10.0 Å². The van der Waals surface area contributed by atoms with E-state index in [4.69, 9.17) is 27.9 Å². The minimum atomic E-state index is -0.583. The van der Waals surface area contributed by atoms with Crippen LogP contribution in [0.1, 0.15) is 50.2 Å². The number of hydrogen-bond donors (Lipinski definition) is 1. The number of hydrogen-bond acceptors (Lipinski definition) is 4. The first-order valence-electron chi connectivity index (χ1n) is 11.6. The maximum atomic E-state index is 13.3. The van der Waals surface area contributed by atoms with Crippen molar-refractivity contribution in [1.82, 2.24) is 10.2 Å². The van der Waals surface area contributed by atoms with Crippen LogP contribution in [0.15, 0.2) is 42.5 Å². The Kier molecular flexibility index (Phi) is 10.4. The van der Waals surface area contributed by atoms with E-state index in [1.165, 1.54) is 18.2 Å². The lowest BCUT2D eigenvalue weighted by atomic mass is 9.95. The molecule has 1 aliphatic rings. The molecule has 1 atom stereocenters. The molecule has 8 heteroatoms. The standard InChI is InChI=1S/C26H32Cl2N2O3S/c1-18(26(32)29-22-8-4-3-5-9-22)30(15-19-7-6-10-23(13-19)33-2)25(31)17-34-16-20-11-12-21(27)14-24(20)28/h6-7,10-14,18,22H,3-5,8-9,15-17H2,1-2H3,(H,29,32)/t18-/m0/s1. The van der Waals surface area contributed by atoms with Gasteiger partial charge in [0.2, 0.25) is 11.8 Å². The zero-order valence-electron chi connectivity index (χ0n) is 19.7. The lowest BCUT2D eigenvalue weighted by Gasteiger charge is -2.31. The topological polar surface area (TPSA) is 58.6 Å². The van der Waals surface area contributed by atoms with E-state index in [1.54, 1.807) is 31.1 Å². The third kappa shape index (κ3) is 7.82. The van der Waals surface area contributed by atoms with Crippen LogP contribution in [0.25, 0.3) is 0 Å². The third-order valence-corrected chi connectivity index (χ3v) is 7.66. The van der Waals surface area contributed by atoms with Gasteiger partial charge in [0.25, 0.3) is 0 Å². The summed E-state index contributed by atoms with van der Waals surface area (Å²) in [6.07, 6.45) is 5.49. The Morgan fingerprint density at radius 2 is 1.91 bits per heavy atom. The van der Waals surface area contributed by atoms with Crippen LogP contribution in [-0.2, 0) is 21.9 Å². The molecule has 1 aliphatic carbocycles. The van der Waals surface area contributed by atoms with Crippen molar-refractivity contribution in [3.63, 3.8) is 0 Å². The molecule has 0 spiro atoms. The lowest BCUT2D eigenvalue weighted by molar-refractivity contribution is -0.139. The molecule has 34 heavy (non-hydrogen) atoms. The number of thioether (sulfide) groups is 1. The summed E-state index contributed by atoms with van der Waals surface area (Å²) in [7, 11) is 1.61. The average Bonchev–Trinajstić information content (AvgIpc) is 2.84. The van der Waals surface area contributed by atoms with Crippen molar-refractivity contribution in [2.45, 2.75) is 63.4 Å². The van der Waals surface area contributed by atoms with Crippen LogP contribution in [0.4, 0.5) is 0 Å². The number of ether oxygens (including phenoxy) is 1. The monoisotopic (exact) mass is 522 g/mol. The highest BCUT2D eigenvalue weighted by atomic mass is 35.5. The summed E-state index contributed by atoms with van der Waals surface area (Å²) in [5.41, 5.74) is 1.84. The van der Waals surface area contributed by atoms with E-state index in [1.807, 2.05) is 30.3 Å². The number of amides is 2. The molecule has 0 bridgehead atoms. The minimum absolute atomic E-state index is 0.0933. The fourth-order valence-electron chi connectivity index (χ4n) is 4.09. The first kappa shape index (κ1) is 26.7. The van der Waals surface area contributed by atoms with Gasteiger partial charge in [0.1, 0.15) is 11.8 Å². The summed E-state index contributed by atoms with van der Waals surface area (Å²) in [4.78, 5) is 28.0. The summed E-state index contributed by atoms with van der Waals surface area (Å²) < 4.78 is 5.33. The highest BCUT2D eigenvalue weighted by Crippen LogP contribution is 2.25. The molecule has 3 rings (SSSR count). The van der Waals surface area contributed by atoms with Crippen molar-refractivity contribution in [2.75, 3.05) is 12.9 Å². The highest BCUT2D eigenvalue weighted by molar-refractivity contribution is 7.99. The molecule has 184 valence electrons. The first-order valence-corrected chi connectivity index (χ1v) is 13.5. The molecule has 5 nitrogen and oxygen atoms in total.